The van der Waals surface area contributed by atoms with Crippen LogP contribution in [0.5, 0.6) is 0 Å². The second kappa shape index (κ2) is 5.60. The number of pyridine rings is 1. The summed E-state index contributed by atoms with van der Waals surface area (Å²) in [5.41, 5.74) is 7.43. The number of ether oxygens (including phenoxy) is 1. The molecule has 18 heavy (non-hydrogen) atoms. The van der Waals surface area contributed by atoms with Crippen molar-refractivity contribution in [3.8, 4) is 0 Å². The van der Waals surface area contributed by atoms with Crippen molar-refractivity contribution in [1.82, 2.24) is 4.98 Å². The molecule has 1 fully saturated rings. The number of morpholine rings is 1. The first-order valence-corrected chi connectivity index (χ1v) is 6.27. The largest absolute Gasteiger partial charge is 0.394 e. The monoisotopic (exact) mass is 267 g/mol. The zero-order valence-electron chi connectivity index (χ0n) is 10.2. The number of nitrogens with zero attached hydrogens (tertiary/aromatic N) is 2. The lowest BCUT2D eigenvalue weighted by atomic mass is 10.1. The molecule has 0 aliphatic carbocycles. The van der Waals surface area contributed by atoms with E-state index in [9.17, 15) is 5.11 Å². The Hall–Kier alpha value is -1.24. The van der Waals surface area contributed by atoms with Crippen LogP contribution < -0.4 is 10.6 Å². The zero-order chi connectivity index (χ0) is 13.1. The molecule has 0 bridgehead atoms. The average Bonchev–Trinajstić information content (AvgIpc) is 2.38. The highest BCUT2D eigenvalue weighted by molar-refractivity contribution is 7.80. The van der Waals surface area contributed by atoms with E-state index in [4.69, 9.17) is 22.7 Å². The van der Waals surface area contributed by atoms with Crippen LogP contribution >= 0.6 is 12.2 Å². The summed E-state index contributed by atoms with van der Waals surface area (Å²) in [7, 11) is 0. The third kappa shape index (κ3) is 2.77. The van der Waals surface area contributed by atoms with Gasteiger partial charge < -0.3 is 20.5 Å². The SMILES string of the molecule is CC1CN(c2cnccc2C(N)=S)CC(CO)O1. The van der Waals surface area contributed by atoms with E-state index in [1.165, 1.54) is 0 Å². The van der Waals surface area contributed by atoms with E-state index in [0.29, 0.717) is 11.5 Å². The van der Waals surface area contributed by atoms with Gasteiger partial charge in [-0.15, -0.1) is 0 Å². The van der Waals surface area contributed by atoms with Crippen LogP contribution in [0.25, 0.3) is 0 Å². The van der Waals surface area contributed by atoms with E-state index in [-0.39, 0.29) is 18.8 Å². The Labute approximate surface area is 112 Å². The van der Waals surface area contributed by atoms with Gasteiger partial charge in [-0.1, -0.05) is 12.2 Å². The van der Waals surface area contributed by atoms with Gasteiger partial charge in [-0.05, 0) is 13.0 Å². The molecule has 0 saturated carbocycles. The van der Waals surface area contributed by atoms with Gasteiger partial charge in [-0.25, -0.2) is 0 Å². The fourth-order valence-electron chi connectivity index (χ4n) is 2.19. The molecule has 98 valence electrons. The fourth-order valence-corrected chi connectivity index (χ4v) is 2.36. The minimum absolute atomic E-state index is 0.00348. The van der Waals surface area contributed by atoms with Gasteiger partial charge in [0.2, 0.25) is 0 Å². The Morgan fingerprint density at radius 2 is 2.44 bits per heavy atom. The third-order valence-electron chi connectivity index (χ3n) is 2.94. The van der Waals surface area contributed by atoms with Gasteiger partial charge in [0.15, 0.2) is 0 Å². The van der Waals surface area contributed by atoms with E-state index in [2.05, 4.69) is 9.88 Å². The summed E-state index contributed by atoms with van der Waals surface area (Å²) in [6, 6.07) is 1.81. The van der Waals surface area contributed by atoms with Crippen LogP contribution in [0, 0.1) is 0 Å². The molecule has 5 nitrogen and oxygen atoms in total. The van der Waals surface area contributed by atoms with Crippen molar-refractivity contribution in [3.63, 3.8) is 0 Å². The Morgan fingerprint density at radius 3 is 3.11 bits per heavy atom. The molecule has 1 aromatic heterocycles. The standard InChI is InChI=1S/C12H17N3O2S/c1-8-5-15(6-9(7-16)17-8)11-4-14-3-2-10(11)12(13)18/h2-4,8-9,16H,5-7H2,1H3,(H2,13,18). The third-order valence-corrected chi connectivity index (χ3v) is 3.16. The molecule has 2 atom stereocenters. The quantitative estimate of drug-likeness (QED) is 0.768. The van der Waals surface area contributed by atoms with Crippen molar-refractivity contribution >= 4 is 22.9 Å². The molecule has 0 radical (unpaired) electrons. The molecule has 2 heterocycles. The predicted molar refractivity (Wildman–Crippen MR) is 73.8 cm³/mol. The van der Waals surface area contributed by atoms with Gasteiger partial charge >= 0.3 is 0 Å². The van der Waals surface area contributed by atoms with Crippen molar-refractivity contribution in [2.24, 2.45) is 5.73 Å². The maximum absolute atomic E-state index is 9.23. The van der Waals surface area contributed by atoms with Gasteiger partial charge in [0, 0.05) is 24.8 Å². The van der Waals surface area contributed by atoms with Gasteiger partial charge in [0.05, 0.1) is 30.7 Å². The molecule has 0 aromatic carbocycles. The molecular weight excluding hydrogens is 250 g/mol. The summed E-state index contributed by atoms with van der Waals surface area (Å²) in [5.74, 6) is 0. The highest BCUT2D eigenvalue weighted by Crippen LogP contribution is 2.23. The molecule has 1 aromatic rings. The molecule has 3 N–H and O–H groups in total. The number of aliphatic hydroxyl groups is 1. The topological polar surface area (TPSA) is 71.6 Å². The Morgan fingerprint density at radius 1 is 1.67 bits per heavy atom. The van der Waals surface area contributed by atoms with E-state index >= 15 is 0 Å². The van der Waals surface area contributed by atoms with Crippen LogP contribution in [0.2, 0.25) is 0 Å². The highest BCUT2D eigenvalue weighted by Gasteiger charge is 2.26. The molecule has 2 rings (SSSR count). The number of aliphatic hydroxyl groups excluding tert-OH is 1. The molecule has 1 saturated heterocycles. The number of hydrogen-bond donors (Lipinski definition) is 2. The molecule has 6 heteroatoms. The zero-order valence-corrected chi connectivity index (χ0v) is 11.1. The summed E-state index contributed by atoms with van der Waals surface area (Å²) in [6.07, 6.45) is 3.29. The van der Waals surface area contributed by atoms with Crippen LogP contribution in [-0.4, -0.2) is 47.0 Å². The summed E-state index contributed by atoms with van der Waals surface area (Å²) in [4.78, 5) is 6.58. The number of aromatic nitrogens is 1. The maximum atomic E-state index is 9.23. The first-order valence-electron chi connectivity index (χ1n) is 5.87. The van der Waals surface area contributed by atoms with Crippen LogP contribution in [0.1, 0.15) is 12.5 Å². The van der Waals surface area contributed by atoms with Gasteiger partial charge in [-0.3, -0.25) is 4.98 Å². The minimum atomic E-state index is -0.187. The summed E-state index contributed by atoms with van der Waals surface area (Å²) < 4.78 is 5.61. The number of rotatable bonds is 3. The normalized spacial score (nSPS) is 24.0. The minimum Gasteiger partial charge on any atom is -0.394 e. The maximum Gasteiger partial charge on any atom is 0.106 e. The first-order chi connectivity index (χ1) is 8.61. The van der Waals surface area contributed by atoms with Crippen molar-refractivity contribution in [1.29, 1.82) is 0 Å². The second-order valence-corrected chi connectivity index (χ2v) is 4.85. The van der Waals surface area contributed by atoms with Crippen molar-refractivity contribution < 1.29 is 9.84 Å². The summed E-state index contributed by atoms with van der Waals surface area (Å²) in [5, 5.41) is 9.23. The Balaban J connectivity index is 2.27. The Kier molecular flexibility index (Phi) is 4.11. The summed E-state index contributed by atoms with van der Waals surface area (Å²) >= 11 is 5.05. The van der Waals surface area contributed by atoms with E-state index in [1.807, 2.05) is 13.0 Å². The van der Waals surface area contributed by atoms with Gasteiger partial charge in [-0.2, -0.15) is 0 Å². The molecule has 0 spiro atoms. The first kappa shape index (κ1) is 13.2. The van der Waals surface area contributed by atoms with E-state index < -0.39 is 0 Å². The van der Waals surface area contributed by atoms with E-state index in [1.54, 1.807) is 12.4 Å². The Bertz CT molecular complexity index is 441. The van der Waals surface area contributed by atoms with E-state index in [0.717, 1.165) is 17.8 Å². The number of hydrogen-bond acceptors (Lipinski definition) is 5. The molecule has 0 amide bonds. The molecule has 1 aliphatic rings. The number of thiocarbonyl (C=S) groups is 1. The van der Waals surface area contributed by atoms with Crippen LogP contribution in [-0.2, 0) is 4.74 Å². The van der Waals surface area contributed by atoms with Crippen molar-refractivity contribution in [2.45, 2.75) is 19.1 Å². The van der Waals surface area contributed by atoms with Gasteiger partial charge in [0.25, 0.3) is 0 Å². The molecule has 1 aliphatic heterocycles. The average molecular weight is 267 g/mol. The molecule has 2 unspecified atom stereocenters. The van der Waals surface area contributed by atoms with Crippen molar-refractivity contribution in [2.75, 3.05) is 24.6 Å². The highest BCUT2D eigenvalue weighted by atomic mass is 32.1. The lowest BCUT2D eigenvalue weighted by molar-refractivity contribution is -0.0421. The van der Waals surface area contributed by atoms with Crippen LogP contribution in [0.4, 0.5) is 5.69 Å². The number of anilines is 1. The molecular formula is C12H17N3O2S. The van der Waals surface area contributed by atoms with Crippen LogP contribution in [0.3, 0.4) is 0 Å². The second-order valence-electron chi connectivity index (χ2n) is 4.41. The lowest BCUT2D eigenvalue weighted by Gasteiger charge is -2.38. The lowest BCUT2D eigenvalue weighted by Crippen LogP contribution is -2.48. The number of nitrogens with two attached hydrogens (primary N) is 1. The fraction of sp³-hybridized carbons (Fsp3) is 0.500. The van der Waals surface area contributed by atoms with Crippen molar-refractivity contribution in [3.05, 3.63) is 24.0 Å². The predicted octanol–water partition coefficient (Wildman–Crippen LogP) is 0.302. The summed E-state index contributed by atoms with van der Waals surface area (Å²) in [6.45, 7) is 3.33. The van der Waals surface area contributed by atoms with Crippen LogP contribution in [0.15, 0.2) is 18.5 Å². The van der Waals surface area contributed by atoms with Gasteiger partial charge in [0.1, 0.15) is 4.99 Å². The smallest absolute Gasteiger partial charge is 0.106 e.